The molecule has 1 unspecified atom stereocenters. The number of aryl methyl sites for hydroxylation is 1. The van der Waals surface area contributed by atoms with Gasteiger partial charge in [0.05, 0.1) is 23.9 Å². The number of carboxylic acids is 1. The van der Waals surface area contributed by atoms with Crippen LogP contribution in [0.3, 0.4) is 0 Å². The Hall–Kier alpha value is -4.50. The molecule has 0 amide bonds. The van der Waals surface area contributed by atoms with E-state index in [0.29, 0.717) is 33.3 Å². The number of carbonyl (C=O) groups is 1. The van der Waals surface area contributed by atoms with E-state index in [1.165, 1.54) is 36.7 Å². The molecule has 7 nitrogen and oxygen atoms in total. The van der Waals surface area contributed by atoms with Gasteiger partial charge < -0.3 is 24.9 Å². The minimum atomic E-state index is -1.39. The van der Waals surface area contributed by atoms with E-state index < -0.39 is 23.2 Å². The molecule has 0 saturated heterocycles. The normalized spacial score (nSPS) is 13.0. The molecule has 9 heteroatoms. The number of fused-ring (bicyclic) bond motifs is 1. The van der Waals surface area contributed by atoms with Crippen molar-refractivity contribution >= 4 is 16.9 Å². The number of aromatic nitrogens is 3. The summed E-state index contributed by atoms with van der Waals surface area (Å²) < 4.78 is 35.6. The van der Waals surface area contributed by atoms with Gasteiger partial charge in [-0.05, 0) is 43.2 Å². The lowest BCUT2D eigenvalue weighted by Crippen LogP contribution is -2.23. The number of benzene rings is 3. The van der Waals surface area contributed by atoms with Crippen molar-refractivity contribution in [2.75, 3.05) is 0 Å². The van der Waals surface area contributed by atoms with Crippen molar-refractivity contribution in [3.63, 3.8) is 0 Å². The summed E-state index contributed by atoms with van der Waals surface area (Å²) in [6.07, 6.45) is 2.73. The molecule has 0 radical (unpaired) electrons. The van der Waals surface area contributed by atoms with E-state index in [9.17, 15) is 23.8 Å². The van der Waals surface area contributed by atoms with E-state index in [-0.39, 0.29) is 29.3 Å². The van der Waals surface area contributed by atoms with Gasteiger partial charge in [0.15, 0.2) is 11.6 Å². The minimum Gasteiger partial charge on any atom is -0.481 e. The summed E-state index contributed by atoms with van der Waals surface area (Å²) in [6.45, 7) is 3.24. The lowest BCUT2D eigenvalue weighted by molar-refractivity contribution is -0.136. The summed E-state index contributed by atoms with van der Waals surface area (Å²) in [5.41, 5.74) is 1.04. The van der Waals surface area contributed by atoms with Gasteiger partial charge in [-0.2, -0.15) is 0 Å². The van der Waals surface area contributed by atoms with Gasteiger partial charge in [-0.1, -0.05) is 30.3 Å². The molecule has 0 aliphatic heterocycles. The van der Waals surface area contributed by atoms with Crippen molar-refractivity contribution in [1.29, 1.82) is 0 Å². The predicted molar refractivity (Wildman–Crippen MR) is 134 cm³/mol. The van der Waals surface area contributed by atoms with Crippen molar-refractivity contribution in [3.05, 3.63) is 101 Å². The average Bonchev–Trinajstić information content (AvgIpc) is 3.51. The van der Waals surface area contributed by atoms with Crippen molar-refractivity contribution in [2.24, 2.45) is 0 Å². The summed E-state index contributed by atoms with van der Waals surface area (Å²) in [4.78, 5) is 21.4. The fourth-order valence-corrected chi connectivity index (χ4v) is 4.44. The maximum Gasteiger partial charge on any atom is 0.307 e. The Morgan fingerprint density at radius 3 is 2.59 bits per heavy atom. The number of nitrogens with zero attached hydrogens (tertiary/aromatic N) is 1. The van der Waals surface area contributed by atoms with E-state index in [0.717, 1.165) is 0 Å². The number of ether oxygens (including phenoxy) is 1. The number of halogens is 2. The lowest BCUT2D eigenvalue weighted by atomic mass is 9.93. The average molecular weight is 504 g/mol. The number of hydrogen-bond acceptors (Lipinski definition) is 4. The van der Waals surface area contributed by atoms with Crippen LogP contribution in [-0.4, -0.2) is 31.1 Å². The number of aliphatic hydroxyl groups is 1. The van der Waals surface area contributed by atoms with E-state index in [2.05, 4.69) is 15.0 Å². The highest BCUT2D eigenvalue weighted by Gasteiger charge is 2.28. The molecule has 2 aromatic heterocycles. The van der Waals surface area contributed by atoms with Crippen LogP contribution >= 0.6 is 0 Å². The Bertz CT molecular complexity index is 1620. The lowest BCUT2D eigenvalue weighted by Gasteiger charge is -2.22. The zero-order valence-corrected chi connectivity index (χ0v) is 20.0. The molecule has 5 aromatic rings. The molecule has 4 N–H and O–H groups in total. The molecule has 0 aliphatic carbocycles. The molecular weight excluding hydrogens is 480 g/mol. The Kier molecular flexibility index (Phi) is 6.01. The van der Waals surface area contributed by atoms with Crippen molar-refractivity contribution in [2.45, 2.75) is 25.9 Å². The van der Waals surface area contributed by atoms with Crippen LogP contribution in [-0.2, 0) is 16.8 Å². The van der Waals surface area contributed by atoms with Gasteiger partial charge in [0, 0.05) is 28.7 Å². The second-order valence-corrected chi connectivity index (χ2v) is 8.95. The van der Waals surface area contributed by atoms with Gasteiger partial charge in [0.2, 0.25) is 0 Å². The first-order valence-electron chi connectivity index (χ1n) is 11.5. The number of imidazole rings is 1. The number of H-pyrrole nitrogens is 2. The van der Waals surface area contributed by atoms with Gasteiger partial charge in [-0.15, -0.1) is 0 Å². The maximum atomic E-state index is 15.0. The highest BCUT2D eigenvalue weighted by molar-refractivity contribution is 5.91. The quantitative estimate of drug-likeness (QED) is 0.224. The van der Waals surface area contributed by atoms with E-state index in [1.54, 1.807) is 38.1 Å². The minimum absolute atomic E-state index is 0.0694. The third kappa shape index (κ3) is 4.45. The summed E-state index contributed by atoms with van der Waals surface area (Å²) in [5.74, 6) is -2.03. The summed E-state index contributed by atoms with van der Waals surface area (Å²) in [5, 5.41) is 20.8. The maximum absolute atomic E-state index is 15.0. The molecule has 5 rings (SSSR count). The number of aromatic amines is 2. The highest BCUT2D eigenvalue weighted by Crippen LogP contribution is 2.37. The summed E-state index contributed by atoms with van der Waals surface area (Å²) >= 11 is 0. The SMILES string of the molecule is Cc1c(Oc2ccc(F)c(-c3ncc(C(C)(O)c4ccccc4)[nH]3)c2)c(F)cc2[nH]cc(CC(=O)O)c12. The van der Waals surface area contributed by atoms with Gasteiger partial charge in [-0.3, -0.25) is 4.79 Å². The molecule has 188 valence electrons. The summed E-state index contributed by atoms with van der Waals surface area (Å²) in [7, 11) is 0. The van der Waals surface area contributed by atoms with E-state index >= 15 is 0 Å². The number of rotatable bonds is 7. The third-order valence-electron chi connectivity index (χ3n) is 6.39. The summed E-state index contributed by atoms with van der Waals surface area (Å²) in [6, 6.07) is 14.2. The molecule has 2 heterocycles. The second-order valence-electron chi connectivity index (χ2n) is 8.95. The monoisotopic (exact) mass is 503 g/mol. The first kappa shape index (κ1) is 24.2. The van der Waals surface area contributed by atoms with E-state index in [4.69, 9.17) is 4.74 Å². The first-order chi connectivity index (χ1) is 17.6. The number of hydrogen-bond donors (Lipinski definition) is 4. The third-order valence-corrected chi connectivity index (χ3v) is 6.39. The van der Waals surface area contributed by atoms with Crippen LogP contribution in [0.15, 0.2) is 67.0 Å². The molecule has 0 saturated carbocycles. The van der Waals surface area contributed by atoms with Crippen molar-refractivity contribution < 1.29 is 28.5 Å². The van der Waals surface area contributed by atoms with E-state index in [1.807, 2.05) is 6.07 Å². The van der Waals surface area contributed by atoms with Gasteiger partial charge in [0.25, 0.3) is 0 Å². The molecule has 0 spiro atoms. The number of nitrogens with one attached hydrogen (secondary N) is 2. The molecule has 37 heavy (non-hydrogen) atoms. The van der Waals surface area contributed by atoms with Crippen molar-refractivity contribution in [1.82, 2.24) is 15.0 Å². The molecule has 1 atom stereocenters. The molecule has 0 fully saturated rings. The Morgan fingerprint density at radius 2 is 1.86 bits per heavy atom. The Labute approximate surface area is 210 Å². The molecular formula is C28H23F2N3O4. The van der Waals surface area contributed by atoms with Crippen LogP contribution in [0.25, 0.3) is 22.3 Å². The number of carboxylic acid groups (broad SMARTS) is 1. The molecule has 3 aromatic carbocycles. The van der Waals surface area contributed by atoms with Crippen molar-refractivity contribution in [3.8, 4) is 22.9 Å². The predicted octanol–water partition coefficient (Wildman–Crippen LogP) is 5.82. The van der Waals surface area contributed by atoms with Crippen LogP contribution in [0, 0.1) is 18.6 Å². The molecule has 0 aliphatic rings. The first-order valence-corrected chi connectivity index (χ1v) is 11.5. The van der Waals surface area contributed by atoms with Gasteiger partial charge >= 0.3 is 5.97 Å². The van der Waals surface area contributed by atoms with Crippen LogP contribution in [0.1, 0.15) is 29.3 Å². The van der Waals surface area contributed by atoms with Crippen LogP contribution in [0.5, 0.6) is 11.5 Å². The fourth-order valence-electron chi connectivity index (χ4n) is 4.44. The fraction of sp³-hybridized carbons (Fsp3) is 0.143. The standard InChI is InChI=1S/C28H23F2N3O4/c1-15-25-16(10-24(34)35)13-31-22(25)12-21(30)26(15)37-18-8-9-20(29)19(11-18)27-32-14-23(33-27)28(2,36)17-6-4-3-5-7-17/h3-9,11-14,31,36H,10H2,1-2H3,(H,32,33)(H,34,35). The Balaban J connectivity index is 1.50. The van der Waals surface area contributed by atoms with Crippen LogP contribution in [0.2, 0.25) is 0 Å². The number of aliphatic carboxylic acids is 1. The largest absolute Gasteiger partial charge is 0.481 e. The van der Waals surface area contributed by atoms with Gasteiger partial charge in [0.1, 0.15) is 23.0 Å². The van der Waals surface area contributed by atoms with Crippen LogP contribution in [0.4, 0.5) is 8.78 Å². The zero-order chi connectivity index (χ0) is 26.3. The topological polar surface area (TPSA) is 111 Å². The van der Waals surface area contributed by atoms with Crippen LogP contribution < -0.4 is 4.74 Å². The smallest absolute Gasteiger partial charge is 0.307 e. The second kappa shape index (κ2) is 9.18. The zero-order valence-electron chi connectivity index (χ0n) is 20.0. The Morgan fingerprint density at radius 1 is 1.11 bits per heavy atom. The highest BCUT2D eigenvalue weighted by atomic mass is 19.1. The molecule has 0 bridgehead atoms. The van der Waals surface area contributed by atoms with Gasteiger partial charge in [-0.25, -0.2) is 13.8 Å².